The number of hydrogen-bond acceptors (Lipinski definition) is 7. The second-order valence-electron chi connectivity index (χ2n) is 7.70. The number of carbonyl (C=O) groups excluding carboxylic acids is 2. The van der Waals surface area contributed by atoms with Crippen LogP contribution < -0.4 is 5.32 Å². The Kier molecular flexibility index (Phi) is 5.76. The molecular weight excluding hydrogens is 386 g/mol. The van der Waals surface area contributed by atoms with Crippen molar-refractivity contribution in [1.29, 1.82) is 0 Å². The number of ketones is 1. The van der Waals surface area contributed by atoms with Gasteiger partial charge in [-0.2, -0.15) is 0 Å². The summed E-state index contributed by atoms with van der Waals surface area (Å²) in [5, 5.41) is 16.7. The van der Waals surface area contributed by atoms with E-state index >= 15 is 0 Å². The molecule has 3 atom stereocenters. The molecule has 3 aromatic rings. The van der Waals surface area contributed by atoms with Crippen molar-refractivity contribution in [3.05, 3.63) is 59.9 Å². The number of benzene rings is 1. The third-order valence-corrected chi connectivity index (χ3v) is 5.45. The molecule has 4 rings (SSSR count). The van der Waals surface area contributed by atoms with Gasteiger partial charge in [-0.25, -0.2) is 4.98 Å². The first-order chi connectivity index (χ1) is 14.5. The van der Waals surface area contributed by atoms with Gasteiger partial charge < -0.3 is 19.4 Å². The summed E-state index contributed by atoms with van der Waals surface area (Å²) < 4.78 is 10.4. The molecule has 1 saturated carbocycles. The molecule has 30 heavy (non-hydrogen) atoms. The van der Waals surface area contributed by atoms with Gasteiger partial charge in [-0.05, 0) is 25.3 Å². The third kappa shape index (κ3) is 4.49. The molecule has 0 bridgehead atoms. The molecule has 2 heterocycles. The maximum Gasteiger partial charge on any atom is 0.224 e. The van der Waals surface area contributed by atoms with Crippen LogP contribution in [0.15, 0.2) is 51.9 Å². The Bertz CT molecular complexity index is 1010. The highest BCUT2D eigenvalue weighted by Crippen LogP contribution is 2.34. The van der Waals surface area contributed by atoms with Crippen molar-refractivity contribution >= 4 is 11.7 Å². The van der Waals surface area contributed by atoms with Crippen molar-refractivity contribution in [1.82, 2.24) is 15.5 Å². The zero-order valence-corrected chi connectivity index (χ0v) is 16.6. The lowest BCUT2D eigenvalue weighted by Gasteiger charge is -2.17. The van der Waals surface area contributed by atoms with Gasteiger partial charge in [-0.15, -0.1) is 0 Å². The van der Waals surface area contributed by atoms with Crippen molar-refractivity contribution in [3.63, 3.8) is 0 Å². The smallest absolute Gasteiger partial charge is 0.224 e. The Morgan fingerprint density at radius 3 is 2.63 bits per heavy atom. The van der Waals surface area contributed by atoms with Crippen LogP contribution in [0.3, 0.4) is 0 Å². The lowest BCUT2D eigenvalue weighted by atomic mass is 9.89. The number of rotatable bonds is 7. The molecule has 2 unspecified atom stereocenters. The number of nitrogens with one attached hydrogen (secondary N) is 1. The van der Waals surface area contributed by atoms with Gasteiger partial charge in [-0.3, -0.25) is 9.59 Å². The van der Waals surface area contributed by atoms with Crippen LogP contribution in [0.25, 0.3) is 11.3 Å². The standard InChI is InChI=1S/C22H23N3O5/c1-13-6-17(30-25-13)9-20(27)18-7-16(26)8-19(18)22(28)24-10-14-2-4-15(5-3-14)21-11-23-12-29-21/h2-6,11-12,16,18-19,26H,7-10H2,1H3,(H,24,28)/t16-,18?,19?/m1/s1. The Balaban J connectivity index is 1.36. The van der Waals surface area contributed by atoms with Gasteiger partial charge in [0.25, 0.3) is 0 Å². The quantitative estimate of drug-likeness (QED) is 0.615. The summed E-state index contributed by atoms with van der Waals surface area (Å²) in [4.78, 5) is 29.4. The average Bonchev–Trinajstić information content (AvgIpc) is 3.48. The van der Waals surface area contributed by atoms with Gasteiger partial charge in [0.05, 0.1) is 30.3 Å². The van der Waals surface area contributed by atoms with Gasteiger partial charge in [0.2, 0.25) is 5.91 Å². The number of aliphatic hydroxyl groups is 1. The Morgan fingerprint density at radius 1 is 1.20 bits per heavy atom. The molecule has 0 aliphatic heterocycles. The van der Waals surface area contributed by atoms with E-state index in [1.807, 2.05) is 24.3 Å². The molecule has 1 aliphatic carbocycles. The van der Waals surface area contributed by atoms with Crippen molar-refractivity contribution < 1.29 is 23.6 Å². The highest BCUT2D eigenvalue weighted by molar-refractivity contribution is 5.90. The molecule has 0 spiro atoms. The van der Waals surface area contributed by atoms with E-state index in [0.717, 1.165) is 11.1 Å². The monoisotopic (exact) mass is 409 g/mol. The third-order valence-electron chi connectivity index (χ3n) is 5.45. The largest absolute Gasteiger partial charge is 0.444 e. The number of oxazole rings is 1. The molecule has 0 radical (unpaired) electrons. The zero-order chi connectivity index (χ0) is 21.1. The van der Waals surface area contributed by atoms with Crippen LogP contribution in [0.5, 0.6) is 0 Å². The van der Waals surface area contributed by atoms with E-state index < -0.39 is 17.9 Å². The Labute approximate surface area is 173 Å². The number of aliphatic hydroxyl groups excluding tert-OH is 1. The van der Waals surface area contributed by atoms with Gasteiger partial charge >= 0.3 is 0 Å². The molecule has 8 heteroatoms. The van der Waals surface area contributed by atoms with E-state index in [-0.39, 0.29) is 31.0 Å². The van der Waals surface area contributed by atoms with Crippen LogP contribution in [0.4, 0.5) is 0 Å². The number of aryl methyl sites for hydroxylation is 1. The molecule has 8 nitrogen and oxygen atoms in total. The van der Waals surface area contributed by atoms with Crippen LogP contribution in [0, 0.1) is 18.8 Å². The van der Waals surface area contributed by atoms with E-state index in [1.165, 1.54) is 6.39 Å². The number of Topliss-reactive ketones (excluding diaryl/α,β-unsaturated/α-hetero) is 1. The summed E-state index contributed by atoms with van der Waals surface area (Å²) in [6.07, 6.45) is 3.00. The Morgan fingerprint density at radius 2 is 1.97 bits per heavy atom. The van der Waals surface area contributed by atoms with E-state index in [1.54, 1.807) is 19.2 Å². The van der Waals surface area contributed by atoms with Gasteiger partial charge in [0.1, 0.15) is 11.5 Å². The zero-order valence-electron chi connectivity index (χ0n) is 16.6. The summed E-state index contributed by atoms with van der Waals surface area (Å²) in [7, 11) is 0. The number of aromatic nitrogens is 2. The maximum absolute atomic E-state index is 12.8. The molecule has 1 fully saturated rings. The highest BCUT2D eigenvalue weighted by atomic mass is 16.5. The molecule has 2 aromatic heterocycles. The lowest BCUT2D eigenvalue weighted by molar-refractivity contribution is -0.132. The SMILES string of the molecule is Cc1cc(CC(=O)C2C[C@@H](O)CC2C(=O)NCc2ccc(-c3cnco3)cc2)on1. The summed E-state index contributed by atoms with van der Waals surface area (Å²) in [5.41, 5.74) is 2.52. The highest BCUT2D eigenvalue weighted by Gasteiger charge is 2.41. The fourth-order valence-electron chi connectivity index (χ4n) is 3.92. The number of amides is 1. The number of hydrogen-bond donors (Lipinski definition) is 2. The van der Waals surface area contributed by atoms with E-state index in [9.17, 15) is 14.7 Å². The lowest BCUT2D eigenvalue weighted by Crippen LogP contribution is -2.35. The average molecular weight is 409 g/mol. The van der Waals surface area contributed by atoms with Crippen LogP contribution in [0.1, 0.15) is 29.9 Å². The van der Waals surface area contributed by atoms with Crippen LogP contribution in [-0.2, 0) is 22.6 Å². The van der Waals surface area contributed by atoms with Crippen molar-refractivity contribution in [2.24, 2.45) is 11.8 Å². The van der Waals surface area contributed by atoms with E-state index in [4.69, 9.17) is 8.94 Å². The summed E-state index contributed by atoms with van der Waals surface area (Å²) in [6.45, 7) is 2.12. The molecule has 1 aromatic carbocycles. The first-order valence-electron chi connectivity index (χ1n) is 9.88. The number of carbonyl (C=O) groups is 2. The van der Waals surface area contributed by atoms with Crippen molar-refractivity contribution in [2.45, 2.75) is 38.8 Å². The van der Waals surface area contributed by atoms with E-state index in [0.29, 0.717) is 23.8 Å². The van der Waals surface area contributed by atoms with Crippen molar-refractivity contribution in [3.8, 4) is 11.3 Å². The topological polar surface area (TPSA) is 118 Å². The van der Waals surface area contributed by atoms with E-state index in [2.05, 4.69) is 15.5 Å². The summed E-state index contributed by atoms with van der Waals surface area (Å²) >= 11 is 0. The summed E-state index contributed by atoms with van der Waals surface area (Å²) in [5.74, 6) is -0.264. The number of nitrogens with zero attached hydrogens (tertiary/aromatic N) is 2. The van der Waals surface area contributed by atoms with Gasteiger partial charge in [0.15, 0.2) is 12.2 Å². The fourth-order valence-corrected chi connectivity index (χ4v) is 3.92. The van der Waals surface area contributed by atoms with Gasteiger partial charge in [0, 0.05) is 24.1 Å². The molecule has 156 valence electrons. The predicted molar refractivity (Wildman–Crippen MR) is 106 cm³/mol. The molecular formula is C22H23N3O5. The predicted octanol–water partition coefficient (Wildman–Crippen LogP) is 2.45. The molecule has 2 N–H and O–H groups in total. The maximum atomic E-state index is 12.8. The summed E-state index contributed by atoms with van der Waals surface area (Å²) in [6, 6.07) is 9.30. The van der Waals surface area contributed by atoms with Crippen molar-refractivity contribution in [2.75, 3.05) is 0 Å². The van der Waals surface area contributed by atoms with Gasteiger partial charge in [-0.1, -0.05) is 29.4 Å². The molecule has 0 saturated heterocycles. The van der Waals surface area contributed by atoms with Crippen LogP contribution in [-0.4, -0.2) is 33.0 Å². The minimum Gasteiger partial charge on any atom is -0.444 e. The minimum absolute atomic E-state index is 0.0745. The fraction of sp³-hybridized carbons (Fsp3) is 0.364. The molecule has 1 amide bonds. The first kappa shape index (κ1) is 20.0. The second-order valence-corrected chi connectivity index (χ2v) is 7.70. The second kappa shape index (κ2) is 8.62. The normalized spacial score (nSPS) is 20.9. The van der Waals surface area contributed by atoms with Crippen LogP contribution >= 0.6 is 0 Å². The Hall–Kier alpha value is -3.26. The van der Waals surface area contributed by atoms with Crippen LogP contribution in [0.2, 0.25) is 0 Å². The molecule has 1 aliphatic rings. The first-order valence-corrected chi connectivity index (χ1v) is 9.88. The minimum atomic E-state index is -0.660.